The normalized spacial score (nSPS) is 19.8. The number of hydrogen-bond acceptors (Lipinski definition) is 3. The highest BCUT2D eigenvalue weighted by atomic mass is 16.2. The molecular weight excluding hydrogens is 190 g/mol. The Balaban J connectivity index is 2.51. The van der Waals surface area contributed by atoms with Gasteiger partial charge < -0.3 is 16.0 Å². The Bertz CT molecular complexity index is 403. The Hall–Kier alpha value is -1.55. The number of benzene rings is 1. The van der Waals surface area contributed by atoms with Crippen molar-refractivity contribution >= 4 is 17.3 Å². The summed E-state index contributed by atoms with van der Waals surface area (Å²) in [6, 6.07) is 5.60. The molecule has 2 rings (SSSR count). The van der Waals surface area contributed by atoms with Crippen LogP contribution in [0.25, 0.3) is 0 Å². The monoisotopic (exact) mass is 205 g/mol. The maximum atomic E-state index is 11.7. The van der Waals surface area contributed by atoms with Crippen LogP contribution in [0.1, 0.15) is 5.56 Å². The topological polar surface area (TPSA) is 58.4 Å². The van der Waals surface area contributed by atoms with Crippen molar-refractivity contribution in [1.82, 2.24) is 0 Å². The van der Waals surface area contributed by atoms with Crippen LogP contribution in [0.2, 0.25) is 0 Å². The van der Waals surface area contributed by atoms with Gasteiger partial charge in [-0.2, -0.15) is 0 Å². The number of nitrogens with zero attached hydrogens (tertiary/aromatic N) is 1. The van der Waals surface area contributed by atoms with Crippen molar-refractivity contribution in [3.8, 4) is 0 Å². The fourth-order valence-corrected chi connectivity index (χ4v) is 2.04. The third kappa shape index (κ3) is 1.47. The summed E-state index contributed by atoms with van der Waals surface area (Å²) in [5.41, 5.74) is 8.67. The van der Waals surface area contributed by atoms with Gasteiger partial charge in [0.25, 0.3) is 0 Å². The minimum absolute atomic E-state index is 0.0295. The summed E-state index contributed by atoms with van der Waals surface area (Å²) >= 11 is 0. The molecule has 1 amide bonds. The van der Waals surface area contributed by atoms with Gasteiger partial charge in [0.15, 0.2) is 0 Å². The predicted molar refractivity (Wildman–Crippen MR) is 61.1 cm³/mol. The third-order valence-corrected chi connectivity index (χ3v) is 2.84. The fourth-order valence-electron chi connectivity index (χ4n) is 2.04. The Morgan fingerprint density at radius 2 is 2.27 bits per heavy atom. The average Bonchev–Trinajstić information content (AvgIpc) is 2.17. The highest BCUT2D eigenvalue weighted by molar-refractivity contribution is 6.04. The van der Waals surface area contributed by atoms with Gasteiger partial charge in [0.2, 0.25) is 5.91 Å². The molecule has 0 aromatic heterocycles. The molecule has 1 aliphatic rings. The minimum Gasteiger partial charge on any atom is -0.360 e. The Morgan fingerprint density at radius 3 is 2.93 bits per heavy atom. The van der Waals surface area contributed by atoms with Gasteiger partial charge in [-0.25, -0.2) is 0 Å². The zero-order valence-electron chi connectivity index (χ0n) is 8.95. The summed E-state index contributed by atoms with van der Waals surface area (Å²) in [6.45, 7) is 2.36. The summed E-state index contributed by atoms with van der Waals surface area (Å²) in [5, 5.41) is 2.87. The minimum atomic E-state index is -0.265. The van der Waals surface area contributed by atoms with E-state index in [-0.39, 0.29) is 11.9 Å². The van der Waals surface area contributed by atoms with Crippen LogP contribution >= 0.6 is 0 Å². The van der Waals surface area contributed by atoms with E-state index in [0.29, 0.717) is 6.54 Å². The van der Waals surface area contributed by atoms with Crippen LogP contribution in [0.5, 0.6) is 0 Å². The number of carbonyl (C=O) groups excluding carboxylic acids is 1. The second-order valence-electron chi connectivity index (χ2n) is 3.82. The lowest BCUT2D eigenvalue weighted by Gasteiger charge is -2.35. The van der Waals surface area contributed by atoms with E-state index in [1.165, 1.54) is 0 Å². The number of anilines is 2. The Morgan fingerprint density at radius 1 is 1.53 bits per heavy atom. The number of carbonyl (C=O) groups is 1. The number of fused-ring (bicyclic) bond motifs is 1. The number of rotatable bonds is 1. The van der Waals surface area contributed by atoms with Crippen molar-refractivity contribution in [2.75, 3.05) is 23.8 Å². The molecule has 0 saturated heterocycles. The zero-order chi connectivity index (χ0) is 11.0. The molecule has 1 aromatic carbocycles. The lowest BCUT2D eigenvalue weighted by molar-refractivity contribution is -0.117. The van der Waals surface area contributed by atoms with Gasteiger partial charge in [-0.15, -0.1) is 0 Å². The van der Waals surface area contributed by atoms with E-state index in [0.717, 1.165) is 16.9 Å². The van der Waals surface area contributed by atoms with Gasteiger partial charge in [-0.3, -0.25) is 4.79 Å². The van der Waals surface area contributed by atoms with Crippen molar-refractivity contribution in [3.63, 3.8) is 0 Å². The fraction of sp³-hybridized carbons (Fsp3) is 0.364. The van der Waals surface area contributed by atoms with Gasteiger partial charge in [0, 0.05) is 13.6 Å². The molecule has 4 nitrogen and oxygen atoms in total. The van der Waals surface area contributed by atoms with Crippen LogP contribution < -0.4 is 16.0 Å². The van der Waals surface area contributed by atoms with E-state index in [9.17, 15) is 4.79 Å². The zero-order valence-corrected chi connectivity index (χ0v) is 8.95. The second kappa shape index (κ2) is 3.55. The Labute approximate surface area is 89.1 Å². The van der Waals surface area contributed by atoms with Crippen molar-refractivity contribution in [3.05, 3.63) is 23.8 Å². The molecule has 80 valence electrons. The predicted octanol–water partition coefficient (Wildman–Crippen LogP) is 0.711. The molecular formula is C11H15N3O. The molecule has 0 spiro atoms. The molecule has 1 heterocycles. The summed E-state index contributed by atoms with van der Waals surface area (Å²) in [4.78, 5) is 13.6. The van der Waals surface area contributed by atoms with Crippen LogP contribution in [-0.2, 0) is 4.79 Å². The molecule has 3 N–H and O–H groups in total. The van der Waals surface area contributed by atoms with Crippen molar-refractivity contribution in [1.29, 1.82) is 0 Å². The van der Waals surface area contributed by atoms with E-state index in [4.69, 9.17) is 5.73 Å². The number of nitrogens with two attached hydrogens (primary N) is 1. The first-order valence-electron chi connectivity index (χ1n) is 4.98. The molecule has 1 aliphatic heterocycles. The van der Waals surface area contributed by atoms with E-state index in [1.54, 1.807) is 0 Å². The standard InChI is InChI=1S/C11H15N3O/c1-7-4-3-5-8-10(7)14(2)9(6-12)11(15)13-8/h3-5,9H,6,12H2,1-2H3,(H,13,15). The first-order valence-corrected chi connectivity index (χ1v) is 4.98. The van der Waals surface area contributed by atoms with Gasteiger partial charge in [-0.05, 0) is 18.6 Å². The van der Waals surface area contributed by atoms with Crippen molar-refractivity contribution in [2.24, 2.45) is 5.73 Å². The number of aryl methyl sites for hydroxylation is 1. The quantitative estimate of drug-likeness (QED) is 0.710. The second-order valence-corrected chi connectivity index (χ2v) is 3.82. The smallest absolute Gasteiger partial charge is 0.248 e. The summed E-state index contributed by atoms with van der Waals surface area (Å²) in [7, 11) is 1.90. The molecule has 4 heteroatoms. The number of hydrogen-bond donors (Lipinski definition) is 2. The maximum absolute atomic E-state index is 11.7. The lowest BCUT2D eigenvalue weighted by atomic mass is 10.1. The molecule has 1 unspecified atom stereocenters. The van der Waals surface area contributed by atoms with Crippen molar-refractivity contribution in [2.45, 2.75) is 13.0 Å². The molecule has 0 aliphatic carbocycles. The summed E-state index contributed by atoms with van der Waals surface area (Å²) in [6.07, 6.45) is 0. The van der Waals surface area contributed by atoms with E-state index < -0.39 is 0 Å². The largest absolute Gasteiger partial charge is 0.360 e. The highest BCUT2D eigenvalue weighted by Crippen LogP contribution is 2.33. The Kier molecular flexibility index (Phi) is 2.36. The summed E-state index contributed by atoms with van der Waals surface area (Å²) < 4.78 is 0. The van der Waals surface area contributed by atoms with Crippen LogP contribution in [-0.4, -0.2) is 25.5 Å². The van der Waals surface area contributed by atoms with Crippen LogP contribution in [0.3, 0.4) is 0 Å². The molecule has 0 fully saturated rings. The van der Waals surface area contributed by atoms with Crippen LogP contribution in [0, 0.1) is 6.92 Å². The lowest BCUT2D eigenvalue weighted by Crippen LogP contribution is -2.50. The SMILES string of the molecule is Cc1cccc2c1N(C)C(CN)C(=O)N2. The van der Waals surface area contributed by atoms with Gasteiger partial charge in [-0.1, -0.05) is 12.1 Å². The van der Waals surface area contributed by atoms with Crippen LogP contribution in [0.15, 0.2) is 18.2 Å². The van der Waals surface area contributed by atoms with Crippen LogP contribution in [0.4, 0.5) is 11.4 Å². The van der Waals surface area contributed by atoms with Gasteiger partial charge in [0.05, 0.1) is 11.4 Å². The molecule has 0 bridgehead atoms. The molecule has 1 atom stereocenters. The molecule has 15 heavy (non-hydrogen) atoms. The van der Waals surface area contributed by atoms with E-state index in [2.05, 4.69) is 5.32 Å². The van der Waals surface area contributed by atoms with Gasteiger partial charge >= 0.3 is 0 Å². The first-order chi connectivity index (χ1) is 7.15. The average molecular weight is 205 g/mol. The molecule has 0 saturated carbocycles. The molecule has 1 aromatic rings. The number of para-hydroxylation sites is 1. The summed E-state index contributed by atoms with van der Waals surface area (Å²) in [5.74, 6) is -0.0295. The maximum Gasteiger partial charge on any atom is 0.248 e. The number of amides is 1. The van der Waals surface area contributed by atoms with E-state index in [1.807, 2.05) is 37.1 Å². The molecule has 0 radical (unpaired) electrons. The first kappa shape index (κ1) is 9.98. The van der Waals surface area contributed by atoms with E-state index >= 15 is 0 Å². The number of likely N-dealkylation sites (N-methyl/N-ethyl adjacent to an activating group) is 1. The third-order valence-electron chi connectivity index (χ3n) is 2.84. The highest BCUT2D eigenvalue weighted by Gasteiger charge is 2.29. The van der Waals surface area contributed by atoms with Crippen molar-refractivity contribution < 1.29 is 4.79 Å². The van der Waals surface area contributed by atoms with Gasteiger partial charge in [0.1, 0.15) is 6.04 Å². The number of nitrogens with one attached hydrogen (secondary N) is 1.